The maximum Gasteiger partial charge on any atom is 0.167 e. The Kier molecular flexibility index (Phi) is 5.74. The van der Waals surface area contributed by atoms with E-state index in [2.05, 4.69) is 46.1 Å². The molecule has 1 aliphatic rings. The number of hydrogen-bond acceptors (Lipinski definition) is 5. The maximum atomic E-state index is 5.53. The highest BCUT2D eigenvalue weighted by Gasteiger charge is 2.19. The van der Waals surface area contributed by atoms with Crippen molar-refractivity contribution in [2.24, 2.45) is 0 Å². The Morgan fingerprint density at radius 2 is 1.64 bits per heavy atom. The third kappa shape index (κ3) is 4.43. The van der Waals surface area contributed by atoms with Crippen molar-refractivity contribution in [3.05, 3.63) is 71.4 Å². The van der Waals surface area contributed by atoms with Crippen LogP contribution in [0.1, 0.15) is 16.8 Å². The lowest BCUT2D eigenvalue weighted by Crippen LogP contribution is -2.45. The third-order valence-corrected chi connectivity index (χ3v) is 5.30. The number of piperazine rings is 1. The standard InChI is InChI=1S/C23H27N3O2/c1-18-8-9-22(27-2)20(14-18)16-25-10-12-26(13-11-25)17-21-15-23(28-24-21)19-6-4-3-5-7-19/h3-9,14-15H,10-13,16-17H2,1-2H3. The number of aromatic nitrogens is 1. The van der Waals surface area contributed by atoms with E-state index in [-0.39, 0.29) is 0 Å². The van der Waals surface area contributed by atoms with Gasteiger partial charge in [-0.3, -0.25) is 9.80 Å². The molecule has 5 nitrogen and oxygen atoms in total. The van der Waals surface area contributed by atoms with Crippen molar-refractivity contribution < 1.29 is 9.26 Å². The lowest BCUT2D eigenvalue weighted by atomic mass is 10.1. The molecule has 0 unspecified atom stereocenters. The van der Waals surface area contributed by atoms with E-state index >= 15 is 0 Å². The summed E-state index contributed by atoms with van der Waals surface area (Å²) in [6, 6.07) is 18.6. The minimum Gasteiger partial charge on any atom is -0.496 e. The number of nitrogens with zero attached hydrogens (tertiary/aromatic N) is 3. The Morgan fingerprint density at radius 1 is 0.929 bits per heavy atom. The van der Waals surface area contributed by atoms with Crippen molar-refractivity contribution in [3.8, 4) is 17.1 Å². The van der Waals surface area contributed by atoms with Crippen LogP contribution in [0.15, 0.2) is 59.1 Å². The molecule has 4 rings (SSSR count). The van der Waals surface area contributed by atoms with Crippen LogP contribution < -0.4 is 4.74 Å². The Hall–Kier alpha value is -2.63. The summed E-state index contributed by atoms with van der Waals surface area (Å²) in [7, 11) is 1.74. The normalized spacial score (nSPS) is 15.6. The van der Waals surface area contributed by atoms with Crippen LogP contribution in [0, 0.1) is 6.92 Å². The average molecular weight is 377 g/mol. The lowest BCUT2D eigenvalue weighted by molar-refractivity contribution is 0.119. The molecule has 5 heteroatoms. The summed E-state index contributed by atoms with van der Waals surface area (Å²) in [4.78, 5) is 4.93. The lowest BCUT2D eigenvalue weighted by Gasteiger charge is -2.34. The fourth-order valence-corrected chi connectivity index (χ4v) is 3.73. The molecule has 2 heterocycles. The second kappa shape index (κ2) is 8.59. The van der Waals surface area contributed by atoms with Gasteiger partial charge in [0.1, 0.15) is 5.75 Å². The molecule has 1 aromatic heterocycles. The van der Waals surface area contributed by atoms with Gasteiger partial charge >= 0.3 is 0 Å². The molecule has 0 N–H and O–H groups in total. The van der Waals surface area contributed by atoms with Gasteiger partial charge in [0, 0.05) is 56.5 Å². The zero-order chi connectivity index (χ0) is 19.3. The first-order chi connectivity index (χ1) is 13.7. The fourth-order valence-electron chi connectivity index (χ4n) is 3.73. The summed E-state index contributed by atoms with van der Waals surface area (Å²) in [5, 5.41) is 4.26. The summed E-state index contributed by atoms with van der Waals surface area (Å²) >= 11 is 0. The zero-order valence-corrected chi connectivity index (χ0v) is 16.6. The van der Waals surface area contributed by atoms with Gasteiger partial charge < -0.3 is 9.26 Å². The smallest absolute Gasteiger partial charge is 0.167 e. The first kappa shape index (κ1) is 18.7. The molecule has 0 atom stereocenters. The highest BCUT2D eigenvalue weighted by molar-refractivity contribution is 5.56. The maximum absolute atomic E-state index is 5.53. The Bertz CT molecular complexity index is 899. The largest absolute Gasteiger partial charge is 0.496 e. The quantitative estimate of drug-likeness (QED) is 0.650. The minimum absolute atomic E-state index is 0.831. The number of ether oxygens (including phenoxy) is 1. The van der Waals surface area contributed by atoms with E-state index < -0.39 is 0 Å². The van der Waals surface area contributed by atoms with Crippen molar-refractivity contribution in [1.82, 2.24) is 15.0 Å². The number of methoxy groups -OCH3 is 1. The molecule has 28 heavy (non-hydrogen) atoms. The van der Waals surface area contributed by atoms with Gasteiger partial charge in [-0.05, 0) is 13.0 Å². The van der Waals surface area contributed by atoms with Crippen LogP contribution in [-0.4, -0.2) is 48.2 Å². The average Bonchev–Trinajstić information content (AvgIpc) is 3.19. The molecule has 0 bridgehead atoms. The van der Waals surface area contributed by atoms with E-state index in [0.717, 1.165) is 62.0 Å². The van der Waals surface area contributed by atoms with E-state index in [9.17, 15) is 0 Å². The molecule has 0 saturated carbocycles. The predicted molar refractivity (Wildman–Crippen MR) is 110 cm³/mol. The molecule has 146 valence electrons. The van der Waals surface area contributed by atoms with E-state index in [1.165, 1.54) is 11.1 Å². The van der Waals surface area contributed by atoms with E-state index in [4.69, 9.17) is 9.26 Å². The number of hydrogen-bond donors (Lipinski definition) is 0. The summed E-state index contributed by atoms with van der Waals surface area (Å²) in [5.74, 6) is 1.81. The minimum atomic E-state index is 0.831. The molecule has 0 aliphatic carbocycles. The molecule has 1 fully saturated rings. The Balaban J connectivity index is 1.31. The first-order valence-electron chi connectivity index (χ1n) is 9.80. The second-order valence-corrected chi connectivity index (χ2v) is 7.42. The van der Waals surface area contributed by atoms with Crippen LogP contribution in [0.25, 0.3) is 11.3 Å². The van der Waals surface area contributed by atoms with Crippen LogP contribution in [0.3, 0.4) is 0 Å². The topological polar surface area (TPSA) is 41.7 Å². The molecule has 0 radical (unpaired) electrons. The molecule has 2 aromatic carbocycles. The van der Waals surface area contributed by atoms with Gasteiger partial charge in [-0.25, -0.2) is 0 Å². The van der Waals surface area contributed by atoms with E-state index in [1.54, 1.807) is 7.11 Å². The summed E-state index contributed by atoms with van der Waals surface area (Å²) in [5.41, 5.74) is 4.60. The summed E-state index contributed by atoms with van der Waals surface area (Å²) < 4.78 is 11.1. The van der Waals surface area contributed by atoms with Crippen molar-refractivity contribution in [3.63, 3.8) is 0 Å². The van der Waals surface area contributed by atoms with Gasteiger partial charge in [0.2, 0.25) is 0 Å². The molecule has 1 aliphatic heterocycles. The Labute approximate surface area is 166 Å². The van der Waals surface area contributed by atoms with Crippen LogP contribution in [0.5, 0.6) is 5.75 Å². The fraction of sp³-hybridized carbons (Fsp3) is 0.348. The molecule has 3 aromatic rings. The van der Waals surface area contributed by atoms with Crippen LogP contribution >= 0.6 is 0 Å². The highest BCUT2D eigenvalue weighted by atomic mass is 16.5. The Morgan fingerprint density at radius 3 is 2.36 bits per heavy atom. The third-order valence-electron chi connectivity index (χ3n) is 5.30. The highest BCUT2D eigenvalue weighted by Crippen LogP contribution is 2.23. The summed E-state index contributed by atoms with van der Waals surface area (Å²) in [6.07, 6.45) is 0. The van der Waals surface area contributed by atoms with Gasteiger partial charge in [-0.2, -0.15) is 0 Å². The van der Waals surface area contributed by atoms with Gasteiger partial charge in [-0.15, -0.1) is 0 Å². The van der Waals surface area contributed by atoms with Gasteiger partial charge in [-0.1, -0.05) is 53.2 Å². The predicted octanol–water partition coefficient (Wildman–Crippen LogP) is 3.98. The number of aryl methyl sites for hydroxylation is 1. The molecule has 0 spiro atoms. The SMILES string of the molecule is COc1ccc(C)cc1CN1CCN(Cc2cc(-c3ccccc3)on2)CC1. The van der Waals surface area contributed by atoms with E-state index in [0.29, 0.717) is 0 Å². The van der Waals surface area contributed by atoms with E-state index in [1.807, 2.05) is 30.3 Å². The van der Waals surface area contributed by atoms with Crippen molar-refractivity contribution in [1.29, 1.82) is 0 Å². The van der Waals surface area contributed by atoms with Gasteiger partial charge in [0.15, 0.2) is 5.76 Å². The zero-order valence-electron chi connectivity index (χ0n) is 16.6. The molecular formula is C23H27N3O2. The number of rotatable bonds is 6. The van der Waals surface area contributed by atoms with Crippen LogP contribution in [0.4, 0.5) is 0 Å². The number of benzene rings is 2. The monoisotopic (exact) mass is 377 g/mol. The molecular weight excluding hydrogens is 350 g/mol. The second-order valence-electron chi connectivity index (χ2n) is 7.42. The summed E-state index contributed by atoms with van der Waals surface area (Å²) in [6.45, 7) is 8.03. The van der Waals surface area contributed by atoms with Crippen LogP contribution in [-0.2, 0) is 13.1 Å². The molecule has 1 saturated heterocycles. The van der Waals surface area contributed by atoms with Crippen molar-refractivity contribution >= 4 is 0 Å². The van der Waals surface area contributed by atoms with Crippen LogP contribution in [0.2, 0.25) is 0 Å². The van der Waals surface area contributed by atoms with Gasteiger partial charge in [0.25, 0.3) is 0 Å². The first-order valence-corrected chi connectivity index (χ1v) is 9.80. The van der Waals surface area contributed by atoms with Crippen molar-refractivity contribution in [2.45, 2.75) is 20.0 Å². The van der Waals surface area contributed by atoms with Gasteiger partial charge in [0.05, 0.1) is 12.8 Å². The molecule has 0 amide bonds. The van der Waals surface area contributed by atoms with Crippen molar-refractivity contribution in [2.75, 3.05) is 33.3 Å².